The molecule has 0 atom stereocenters. The van der Waals surface area contributed by atoms with Crippen LogP contribution in [0, 0.1) is 18.6 Å². The van der Waals surface area contributed by atoms with Crippen molar-refractivity contribution in [3.63, 3.8) is 0 Å². The Kier molecular flexibility index (Phi) is 7.83. The van der Waals surface area contributed by atoms with Gasteiger partial charge in [-0.05, 0) is 6.92 Å². The Morgan fingerprint density at radius 3 is 2.30 bits per heavy atom. The third-order valence-corrected chi connectivity index (χ3v) is 2.63. The van der Waals surface area contributed by atoms with E-state index in [0.29, 0.717) is 3.97 Å². The molecule has 0 aliphatic rings. The van der Waals surface area contributed by atoms with E-state index in [1.165, 1.54) is 13.3 Å². The van der Waals surface area contributed by atoms with Crippen molar-refractivity contribution in [1.29, 1.82) is 0 Å². The number of aromatic nitrogens is 2. The van der Waals surface area contributed by atoms with Crippen LogP contribution in [0.3, 0.4) is 0 Å². The van der Waals surface area contributed by atoms with Gasteiger partial charge in [0, 0.05) is 11.6 Å². The molecular weight excluding hydrogens is 289 g/mol. The summed E-state index contributed by atoms with van der Waals surface area (Å²) < 4.78 is 39.4. The Morgan fingerprint density at radius 2 is 1.85 bits per heavy atom. The summed E-state index contributed by atoms with van der Waals surface area (Å²) in [5, 5.41) is 0. The summed E-state index contributed by atoms with van der Waals surface area (Å²) in [7, 11) is 0. The van der Waals surface area contributed by atoms with E-state index >= 15 is 0 Å². The van der Waals surface area contributed by atoms with E-state index in [2.05, 4.69) is 32.0 Å². The topological polar surface area (TPSA) is 37.8 Å². The second-order valence-electron chi connectivity index (χ2n) is 3.69. The number of nitrogens with one attached hydrogen (secondary N) is 1. The lowest BCUT2D eigenvalue weighted by Gasteiger charge is -2.00. The molecule has 0 aliphatic carbocycles. The molecule has 1 heterocycles. The standard InChI is InChI=1S/C8H5F3N2OS.C3H8.C2H4/c1-3-4(9)2-5-7(6(3)10)12-8(14)13(5)15-11;1-3-2;1-2/h2H,1H3,(H,12,14);3H2,1-2H3;1-2H2. The second-order valence-corrected chi connectivity index (χ2v) is 4.20. The highest BCUT2D eigenvalue weighted by Crippen LogP contribution is 2.23. The number of aromatic amines is 1. The smallest absolute Gasteiger partial charge is 0.302 e. The lowest BCUT2D eigenvalue weighted by molar-refractivity contribution is 0.575. The highest BCUT2D eigenvalue weighted by molar-refractivity contribution is 7.92. The summed E-state index contributed by atoms with van der Waals surface area (Å²) in [4.78, 5) is 13.2. The average molecular weight is 306 g/mol. The predicted molar refractivity (Wildman–Crippen MR) is 78.5 cm³/mol. The molecule has 1 aromatic heterocycles. The molecule has 112 valence electrons. The molecule has 0 spiro atoms. The molecule has 2 rings (SSSR count). The first-order valence-electron chi connectivity index (χ1n) is 5.86. The van der Waals surface area contributed by atoms with Crippen molar-refractivity contribution in [2.45, 2.75) is 27.2 Å². The van der Waals surface area contributed by atoms with Crippen LogP contribution in [0.1, 0.15) is 25.8 Å². The minimum absolute atomic E-state index is 0.145. The SMILES string of the molecule is C=C.CCC.Cc1c(F)cc2c([nH]c(=O)n2SF)c1F. The summed E-state index contributed by atoms with van der Waals surface area (Å²) in [6, 6.07) is 0.915. The van der Waals surface area contributed by atoms with Crippen molar-refractivity contribution in [2.75, 3.05) is 0 Å². The fourth-order valence-electron chi connectivity index (χ4n) is 1.32. The van der Waals surface area contributed by atoms with Gasteiger partial charge in [-0.25, -0.2) is 17.5 Å². The number of hydrogen-bond donors (Lipinski definition) is 1. The van der Waals surface area contributed by atoms with Crippen LogP contribution in [0.4, 0.5) is 12.7 Å². The summed E-state index contributed by atoms with van der Waals surface area (Å²) in [6.07, 6.45) is 1.25. The number of halogens is 3. The van der Waals surface area contributed by atoms with Crippen molar-refractivity contribution in [2.24, 2.45) is 0 Å². The van der Waals surface area contributed by atoms with Gasteiger partial charge in [0.15, 0.2) is 18.2 Å². The quantitative estimate of drug-likeness (QED) is 0.787. The van der Waals surface area contributed by atoms with Crippen LogP contribution in [-0.4, -0.2) is 8.96 Å². The minimum atomic E-state index is -0.880. The lowest BCUT2D eigenvalue weighted by Crippen LogP contribution is -2.09. The van der Waals surface area contributed by atoms with E-state index in [1.54, 1.807) is 0 Å². The first-order chi connectivity index (χ1) is 9.47. The molecule has 0 saturated carbocycles. The van der Waals surface area contributed by atoms with Gasteiger partial charge in [0.25, 0.3) is 0 Å². The van der Waals surface area contributed by atoms with E-state index in [4.69, 9.17) is 0 Å². The Bertz CT molecular complexity index is 622. The first kappa shape index (κ1) is 18.4. The average Bonchev–Trinajstić information content (AvgIpc) is 2.75. The van der Waals surface area contributed by atoms with Crippen LogP contribution in [0.5, 0.6) is 0 Å². The predicted octanol–water partition coefficient (Wildman–Crippen LogP) is 4.52. The number of fused-ring (bicyclic) bond motifs is 1. The molecular formula is C13H17F3N2OS. The number of rotatable bonds is 1. The van der Waals surface area contributed by atoms with Gasteiger partial charge in [-0.2, -0.15) is 0 Å². The van der Waals surface area contributed by atoms with E-state index < -0.39 is 29.7 Å². The maximum atomic E-state index is 13.4. The fourth-order valence-corrected chi connectivity index (χ4v) is 1.65. The minimum Gasteiger partial charge on any atom is -0.302 e. The van der Waals surface area contributed by atoms with Gasteiger partial charge in [-0.15, -0.1) is 17.0 Å². The molecule has 0 aliphatic heterocycles. The highest BCUT2D eigenvalue weighted by atomic mass is 32.2. The van der Waals surface area contributed by atoms with Crippen molar-refractivity contribution in [3.8, 4) is 0 Å². The monoisotopic (exact) mass is 306 g/mol. The molecule has 0 radical (unpaired) electrons. The summed E-state index contributed by atoms with van der Waals surface area (Å²) >= 11 is -0.406. The van der Waals surface area contributed by atoms with E-state index in [-0.39, 0.29) is 16.6 Å². The largest absolute Gasteiger partial charge is 0.338 e. The van der Waals surface area contributed by atoms with E-state index in [0.717, 1.165) is 6.07 Å². The number of hydrogen-bond acceptors (Lipinski definition) is 2. The zero-order chi connectivity index (χ0) is 15.9. The third kappa shape index (κ3) is 3.69. The van der Waals surface area contributed by atoms with Gasteiger partial charge in [-0.1, -0.05) is 20.3 Å². The van der Waals surface area contributed by atoms with Gasteiger partial charge >= 0.3 is 5.69 Å². The molecule has 1 N–H and O–H groups in total. The maximum absolute atomic E-state index is 13.4. The van der Waals surface area contributed by atoms with Gasteiger partial charge in [0.2, 0.25) is 0 Å². The van der Waals surface area contributed by atoms with E-state index in [1.807, 2.05) is 0 Å². The highest BCUT2D eigenvalue weighted by Gasteiger charge is 2.16. The van der Waals surface area contributed by atoms with Gasteiger partial charge < -0.3 is 4.98 Å². The fraction of sp³-hybridized carbons (Fsp3) is 0.308. The Balaban J connectivity index is 0.000000641. The molecule has 7 heteroatoms. The van der Waals surface area contributed by atoms with Crippen molar-refractivity contribution < 1.29 is 12.7 Å². The van der Waals surface area contributed by atoms with Crippen LogP contribution in [0.25, 0.3) is 11.0 Å². The zero-order valence-corrected chi connectivity index (χ0v) is 12.4. The lowest BCUT2D eigenvalue weighted by atomic mass is 10.2. The Morgan fingerprint density at radius 1 is 1.35 bits per heavy atom. The summed E-state index contributed by atoms with van der Waals surface area (Å²) in [5.74, 6) is -1.70. The molecule has 20 heavy (non-hydrogen) atoms. The van der Waals surface area contributed by atoms with E-state index in [9.17, 15) is 17.5 Å². The Hall–Kier alpha value is -1.63. The number of H-pyrrole nitrogens is 1. The zero-order valence-electron chi connectivity index (χ0n) is 11.6. The number of imidazole rings is 1. The van der Waals surface area contributed by atoms with Crippen LogP contribution in [0.2, 0.25) is 0 Å². The number of nitrogens with zero attached hydrogens (tertiary/aromatic N) is 1. The normalized spacial score (nSPS) is 9.50. The van der Waals surface area contributed by atoms with Crippen molar-refractivity contribution in [1.82, 2.24) is 8.96 Å². The van der Waals surface area contributed by atoms with Crippen LogP contribution >= 0.6 is 12.3 Å². The van der Waals surface area contributed by atoms with Crippen LogP contribution in [0.15, 0.2) is 24.0 Å². The molecule has 1 aromatic carbocycles. The molecule has 0 saturated heterocycles. The molecule has 0 unspecified atom stereocenters. The number of benzene rings is 1. The molecule has 2 aromatic rings. The maximum Gasteiger partial charge on any atom is 0.338 e. The van der Waals surface area contributed by atoms with Gasteiger partial charge in [0.05, 0.1) is 5.52 Å². The Labute approximate surface area is 119 Å². The summed E-state index contributed by atoms with van der Waals surface area (Å²) in [6.45, 7) is 11.5. The molecule has 3 nitrogen and oxygen atoms in total. The summed E-state index contributed by atoms with van der Waals surface area (Å²) in [5.41, 5.74) is -1.38. The second kappa shape index (κ2) is 8.52. The van der Waals surface area contributed by atoms with Crippen molar-refractivity contribution >= 4 is 23.4 Å². The van der Waals surface area contributed by atoms with Crippen LogP contribution < -0.4 is 5.69 Å². The molecule has 0 fully saturated rings. The van der Waals surface area contributed by atoms with Gasteiger partial charge in [-0.3, -0.25) is 0 Å². The van der Waals surface area contributed by atoms with Crippen molar-refractivity contribution in [3.05, 3.63) is 46.9 Å². The van der Waals surface area contributed by atoms with Crippen LogP contribution in [-0.2, 0) is 0 Å². The van der Waals surface area contributed by atoms with Gasteiger partial charge in [0.1, 0.15) is 11.3 Å². The molecule has 0 amide bonds. The molecule has 0 bridgehead atoms. The first-order valence-corrected chi connectivity index (χ1v) is 6.53. The third-order valence-electron chi connectivity index (χ3n) is 2.13.